The van der Waals surface area contributed by atoms with Gasteiger partial charge in [-0.05, 0) is 37.7 Å². The van der Waals surface area contributed by atoms with Gasteiger partial charge in [-0.2, -0.15) is 0 Å². The molecule has 0 atom stereocenters. The highest BCUT2D eigenvalue weighted by Crippen LogP contribution is 2.27. The van der Waals surface area contributed by atoms with Crippen molar-refractivity contribution < 1.29 is 4.74 Å². The SMILES string of the molecule is CCOc1cc(N)cc(N(CCC(C)C)CCC(C)C)c1. The fourth-order valence-electron chi connectivity index (χ4n) is 2.24. The lowest BCUT2D eigenvalue weighted by molar-refractivity contribution is 0.340. The van der Waals surface area contributed by atoms with Crippen LogP contribution in [0.4, 0.5) is 11.4 Å². The van der Waals surface area contributed by atoms with E-state index in [1.54, 1.807) is 0 Å². The maximum atomic E-state index is 6.03. The molecule has 0 saturated carbocycles. The van der Waals surface area contributed by atoms with E-state index in [9.17, 15) is 0 Å². The van der Waals surface area contributed by atoms with Gasteiger partial charge in [0, 0.05) is 36.6 Å². The van der Waals surface area contributed by atoms with Crippen molar-refractivity contribution in [3.8, 4) is 5.75 Å². The molecule has 1 aromatic carbocycles. The van der Waals surface area contributed by atoms with E-state index >= 15 is 0 Å². The monoisotopic (exact) mass is 292 g/mol. The summed E-state index contributed by atoms with van der Waals surface area (Å²) in [6.45, 7) is 13.9. The Kier molecular flexibility index (Phi) is 7.41. The zero-order valence-corrected chi connectivity index (χ0v) is 14.4. The summed E-state index contributed by atoms with van der Waals surface area (Å²) in [5.41, 5.74) is 7.99. The minimum absolute atomic E-state index is 0.668. The minimum atomic E-state index is 0.668. The molecule has 0 heterocycles. The molecule has 0 bridgehead atoms. The minimum Gasteiger partial charge on any atom is -0.494 e. The Bertz CT molecular complexity index is 404. The van der Waals surface area contributed by atoms with Crippen LogP contribution in [0.25, 0.3) is 0 Å². The van der Waals surface area contributed by atoms with Crippen molar-refractivity contribution in [2.75, 3.05) is 30.3 Å². The van der Waals surface area contributed by atoms with Gasteiger partial charge in [0.05, 0.1) is 6.61 Å². The summed E-state index contributed by atoms with van der Waals surface area (Å²) >= 11 is 0. The van der Waals surface area contributed by atoms with Gasteiger partial charge in [0.1, 0.15) is 5.75 Å². The van der Waals surface area contributed by atoms with E-state index in [1.165, 1.54) is 18.5 Å². The van der Waals surface area contributed by atoms with Crippen LogP contribution < -0.4 is 15.4 Å². The molecular formula is C18H32N2O. The summed E-state index contributed by atoms with van der Waals surface area (Å²) < 4.78 is 5.62. The van der Waals surface area contributed by atoms with Crippen LogP contribution in [0.5, 0.6) is 5.75 Å². The van der Waals surface area contributed by atoms with E-state index in [1.807, 2.05) is 13.0 Å². The van der Waals surface area contributed by atoms with E-state index in [0.717, 1.165) is 24.5 Å². The molecule has 3 nitrogen and oxygen atoms in total. The Hall–Kier alpha value is -1.38. The lowest BCUT2D eigenvalue weighted by Crippen LogP contribution is -2.27. The molecule has 1 aromatic rings. The van der Waals surface area contributed by atoms with Crippen molar-refractivity contribution in [3.63, 3.8) is 0 Å². The fraction of sp³-hybridized carbons (Fsp3) is 0.667. The molecule has 3 heteroatoms. The molecule has 0 saturated heterocycles. The van der Waals surface area contributed by atoms with Crippen LogP contribution >= 0.6 is 0 Å². The van der Waals surface area contributed by atoms with Crippen molar-refractivity contribution in [3.05, 3.63) is 18.2 Å². The Labute approximate surface area is 130 Å². The zero-order valence-electron chi connectivity index (χ0n) is 14.4. The van der Waals surface area contributed by atoms with Crippen molar-refractivity contribution in [1.29, 1.82) is 0 Å². The third-order valence-electron chi connectivity index (χ3n) is 3.54. The topological polar surface area (TPSA) is 38.5 Å². The number of hydrogen-bond donors (Lipinski definition) is 1. The molecular weight excluding hydrogens is 260 g/mol. The molecule has 0 spiro atoms. The maximum absolute atomic E-state index is 6.03. The first-order chi connectivity index (χ1) is 9.92. The molecule has 21 heavy (non-hydrogen) atoms. The van der Waals surface area contributed by atoms with Gasteiger partial charge in [0.15, 0.2) is 0 Å². The lowest BCUT2D eigenvalue weighted by atomic mass is 10.1. The van der Waals surface area contributed by atoms with Crippen molar-refractivity contribution in [1.82, 2.24) is 0 Å². The Morgan fingerprint density at radius 1 is 1.00 bits per heavy atom. The van der Waals surface area contributed by atoms with Crippen LogP contribution in [-0.4, -0.2) is 19.7 Å². The number of benzene rings is 1. The molecule has 0 amide bonds. The van der Waals surface area contributed by atoms with Crippen molar-refractivity contribution in [2.45, 2.75) is 47.5 Å². The van der Waals surface area contributed by atoms with E-state index in [0.29, 0.717) is 18.4 Å². The van der Waals surface area contributed by atoms with Crippen LogP contribution in [0.3, 0.4) is 0 Å². The molecule has 0 radical (unpaired) electrons. The van der Waals surface area contributed by atoms with Crippen LogP contribution in [0.1, 0.15) is 47.5 Å². The highest BCUT2D eigenvalue weighted by Gasteiger charge is 2.11. The van der Waals surface area contributed by atoms with Gasteiger partial charge in [0.25, 0.3) is 0 Å². The summed E-state index contributed by atoms with van der Waals surface area (Å²) in [6, 6.07) is 6.07. The largest absolute Gasteiger partial charge is 0.494 e. The van der Waals surface area contributed by atoms with Crippen LogP contribution in [0, 0.1) is 11.8 Å². The lowest BCUT2D eigenvalue weighted by Gasteiger charge is -2.27. The van der Waals surface area contributed by atoms with Crippen molar-refractivity contribution in [2.24, 2.45) is 11.8 Å². The van der Waals surface area contributed by atoms with E-state index in [4.69, 9.17) is 10.5 Å². The second-order valence-corrected chi connectivity index (χ2v) is 6.55. The predicted molar refractivity (Wildman–Crippen MR) is 93.1 cm³/mol. The molecule has 0 aliphatic rings. The molecule has 0 fully saturated rings. The highest BCUT2D eigenvalue weighted by molar-refractivity contribution is 5.60. The molecule has 0 aliphatic heterocycles. The maximum Gasteiger partial charge on any atom is 0.123 e. The number of nitrogen functional groups attached to an aromatic ring is 1. The predicted octanol–water partition coefficient (Wildman–Crippen LogP) is 4.57. The fourth-order valence-corrected chi connectivity index (χ4v) is 2.24. The third kappa shape index (κ3) is 6.74. The first-order valence-corrected chi connectivity index (χ1v) is 8.20. The summed E-state index contributed by atoms with van der Waals surface area (Å²) in [7, 11) is 0. The highest BCUT2D eigenvalue weighted by atomic mass is 16.5. The second kappa shape index (κ2) is 8.81. The Balaban J connectivity index is 2.88. The van der Waals surface area contributed by atoms with Gasteiger partial charge < -0.3 is 15.4 Å². The molecule has 0 aliphatic carbocycles. The Morgan fingerprint density at radius 3 is 2.05 bits per heavy atom. The summed E-state index contributed by atoms with van der Waals surface area (Å²) in [6.07, 6.45) is 2.38. The zero-order chi connectivity index (χ0) is 15.8. The number of ether oxygens (including phenoxy) is 1. The van der Waals surface area contributed by atoms with Gasteiger partial charge in [-0.1, -0.05) is 27.7 Å². The summed E-state index contributed by atoms with van der Waals surface area (Å²) in [5.74, 6) is 2.28. The number of rotatable bonds is 9. The molecule has 2 N–H and O–H groups in total. The van der Waals surface area contributed by atoms with Crippen molar-refractivity contribution >= 4 is 11.4 Å². The quantitative estimate of drug-likeness (QED) is 0.678. The van der Waals surface area contributed by atoms with E-state index in [-0.39, 0.29) is 0 Å². The van der Waals surface area contributed by atoms with Gasteiger partial charge in [-0.25, -0.2) is 0 Å². The molecule has 0 unspecified atom stereocenters. The number of nitrogens with zero attached hydrogens (tertiary/aromatic N) is 1. The molecule has 0 aromatic heterocycles. The van der Waals surface area contributed by atoms with Crippen LogP contribution in [0.2, 0.25) is 0 Å². The van der Waals surface area contributed by atoms with Gasteiger partial charge in [-0.3, -0.25) is 0 Å². The molecule has 1 rings (SSSR count). The first kappa shape index (κ1) is 17.7. The standard InChI is InChI=1S/C18H32N2O/c1-6-21-18-12-16(19)11-17(13-18)20(9-7-14(2)3)10-8-15(4)5/h11-15H,6-10,19H2,1-5H3. The van der Waals surface area contributed by atoms with Gasteiger partial charge in [-0.15, -0.1) is 0 Å². The number of nitrogens with two attached hydrogens (primary N) is 1. The van der Waals surface area contributed by atoms with Gasteiger partial charge in [0.2, 0.25) is 0 Å². The molecule has 120 valence electrons. The van der Waals surface area contributed by atoms with Crippen LogP contribution in [0.15, 0.2) is 18.2 Å². The number of anilines is 2. The first-order valence-electron chi connectivity index (χ1n) is 8.20. The van der Waals surface area contributed by atoms with E-state index in [2.05, 4.69) is 44.7 Å². The van der Waals surface area contributed by atoms with Crippen LogP contribution in [-0.2, 0) is 0 Å². The second-order valence-electron chi connectivity index (χ2n) is 6.55. The smallest absolute Gasteiger partial charge is 0.123 e. The normalized spacial score (nSPS) is 11.2. The summed E-state index contributed by atoms with van der Waals surface area (Å²) in [4.78, 5) is 2.44. The Morgan fingerprint density at radius 2 is 1.57 bits per heavy atom. The average Bonchev–Trinajstić information content (AvgIpc) is 2.37. The number of hydrogen-bond acceptors (Lipinski definition) is 3. The average molecular weight is 292 g/mol. The summed E-state index contributed by atoms with van der Waals surface area (Å²) in [5, 5.41) is 0. The van der Waals surface area contributed by atoms with E-state index < -0.39 is 0 Å². The third-order valence-corrected chi connectivity index (χ3v) is 3.54. The van der Waals surface area contributed by atoms with Gasteiger partial charge >= 0.3 is 0 Å².